The fraction of sp³-hybridized carbons (Fsp3) is 0.0769. The number of aromatic nitrogens is 1. The van der Waals surface area contributed by atoms with E-state index in [1.807, 2.05) is 53.2 Å². The number of carbonyl (C=O) groups excluding carboxylic acids is 1. The lowest BCUT2D eigenvalue weighted by atomic mass is 10.2. The zero-order chi connectivity index (χ0) is 24.1. The standard InChI is InChI=1S/C26H19F3N4O/c27-20-13-23(28)25(24(29)14-20)31-26(34)32(16-19-5-2-1-3-6-19)17-22-7-4-12-33(22)21-10-8-18(15-30)9-11-21/h1-14H,16-17H2,(H,31,34). The second-order valence-electron chi connectivity index (χ2n) is 7.54. The Morgan fingerprint density at radius 1 is 0.912 bits per heavy atom. The number of rotatable bonds is 6. The van der Waals surface area contributed by atoms with Crippen molar-refractivity contribution in [2.45, 2.75) is 13.1 Å². The molecular formula is C26H19F3N4O. The number of amides is 2. The van der Waals surface area contributed by atoms with Gasteiger partial charge in [0.1, 0.15) is 11.5 Å². The maximum atomic E-state index is 14.1. The summed E-state index contributed by atoms with van der Waals surface area (Å²) in [6.07, 6.45) is 1.81. The summed E-state index contributed by atoms with van der Waals surface area (Å²) in [5, 5.41) is 11.3. The smallest absolute Gasteiger partial charge is 0.319 e. The van der Waals surface area contributed by atoms with Crippen molar-refractivity contribution in [3.05, 3.63) is 119 Å². The second-order valence-corrected chi connectivity index (χ2v) is 7.54. The molecule has 0 aliphatic rings. The molecule has 170 valence electrons. The zero-order valence-corrected chi connectivity index (χ0v) is 17.9. The number of benzene rings is 3. The molecule has 0 bridgehead atoms. The third-order valence-electron chi connectivity index (χ3n) is 5.20. The van der Waals surface area contributed by atoms with E-state index in [-0.39, 0.29) is 13.1 Å². The van der Waals surface area contributed by atoms with Crippen LogP contribution in [0.4, 0.5) is 23.7 Å². The second kappa shape index (κ2) is 9.96. The van der Waals surface area contributed by atoms with Crippen LogP contribution in [0.3, 0.4) is 0 Å². The number of nitrogens with one attached hydrogen (secondary N) is 1. The van der Waals surface area contributed by atoms with Crippen molar-refractivity contribution in [2.75, 3.05) is 5.32 Å². The first-order chi connectivity index (χ1) is 16.4. The molecule has 4 rings (SSSR count). The molecule has 4 aromatic rings. The quantitative estimate of drug-likeness (QED) is 0.384. The van der Waals surface area contributed by atoms with Crippen LogP contribution in [-0.2, 0) is 13.1 Å². The van der Waals surface area contributed by atoms with Crippen LogP contribution in [0, 0.1) is 28.8 Å². The molecule has 0 fully saturated rings. The molecule has 0 saturated carbocycles. The summed E-state index contributed by atoms with van der Waals surface area (Å²) in [5.74, 6) is -3.48. The van der Waals surface area contributed by atoms with E-state index in [0.717, 1.165) is 16.9 Å². The fourth-order valence-electron chi connectivity index (χ4n) is 3.54. The van der Waals surface area contributed by atoms with Crippen LogP contribution >= 0.6 is 0 Å². The maximum Gasteiger partial charge on any atom is 0.322 e. The molecule has 0 atom stereocenters. The summed E-state index contributed by atoms with van der Waals surface area (Å²) >= 11 is 0. The fourth-order valence-corrected chi connectivity index (χ4v) is 3.54. The van der Waals surface area contributed by atoms with Crippen LogP contribution in [0.2, 0.25) is 0 Å². The van der Waals surface area contributed by atoms with Gasteiger partial charge in [-0.05, 0) is 42.0 Å². The molecule has 0 saturated heterocycles. The van der Waals surface area contributed by atoms with Gasteiger partial charge in [0.2, 0.25) is 0 Å². The molecule has 5 nitrogen and oxygen atoms in total. The zero-order valence-electron chi connectivity index (χ0n) is 17.9. The van der Waals surface area contributed by atoms with Crippen LogP contribution in [0.1, 0.15) is 16.8 Å². The monoisotopic (exact) mass is 460 g/mol. The van der Waals surface area contributed by atoms with Crippen molar-refractivity contribution >= 4 is 11.7 Å². The Bertz CT molecular complexity index is 1320. The third-order valence-corrected chi connectivity index (χ3v) is 5.20. The predicted octanol–water partition coefficient (Wildman–Crippen LogP) is 6.00. The van der Waals surface area contributed by atoms with Gasteiger partial charge in [-0.2, -0.15) is 5.26 Å². The average Bonchev–Trinajstić information content (AvgIpc) is 3.29. The van der Waals surface area contributed by atoms with E-state index in [1.165, 1.54) is 4.90 Å². The molecule has 2 amide bonds. The van der Waals surface area contributed by atoms with Crippen LogP contribution in [-0.4, -0.2) is 15.5 Å². The number of carbonyl (C=O) groups is 1. The van der Waals surface area contributed by atoms with Gasteiger partial charge in [0.15, 0.2) is 11.6 Å². The highest BCUT2D eigenvalue weighted by atomic mass is 19.1. The normalized spacial score (nSPS) is 10.5. The number of urea groups is 1. The molecule has 34 heavy (non-hydrogen) atoms. The third kappa shape index (κ3) is 5.10. The number of anilines is 1. The number of nitriles is 1. The lowest BCUT2D eigenvalue weighted by Gasteiger charge is -2.24. The molecule has 0 aliphatic carbocycles. The first-order valence-corrected chi connectivity index (χ1v) is 10.4. The number of hydrogen-bond donors (Lipinski definition) is 1. The summed E-state index contributed by atoms with van der Waals surface area (Å²) in [4.78, 5) is 14.5. The first kappa shape index (κ1) is 22.7. The van der Waals surface area contributed by atoms with Gasteiger partial charge in [0.05, 0.1) is 18.2 Å². The lowest BCUT2D eigenvalue weighted by Crippen LogP contribution is -2.35. The van der Waals surface area contributed by atoms with Gasteiger partial charge in [-0.1, -0.05) is 30.3 Å². The Hall–Kier alpha value is -4.51. The summed E-state index contributed by atoms with van der Waals surface area (Å²) in [6.45, 7) is 0.272. The molecular weight excluding hydrogens is 441 g/mol. The molecule has 0 aliphatic heterocycles. The average molecular weight is 460 g/mol. The molecule has 0 unspecified atom stereocenters. The summed E-state index contributed by atoms with van der Waals surface area (Å²) in [5.41, 5.74) is 2.14. The molecule has 0 spiro atoms. The maximum absolute atomic E-state index is 14.1. The van der Waals surface area contributed by atoms with Crippen LogP contribution in [0.15, 0.2) is 85.1 Å². The lowest BCUT2D eigenvalue weighted by molar-refractivity contribution is 0.205. The Morgan fingerprint density at radius 3 is 2.24 bits per heavy atom. The number of halogens is 3. The van der Waals surface area contributed by atoms with Crippen molar-refractivity contribution in [3.8, 4) is 11.8 Å². The minimum atomic E-state index is -1.20. The molecule has 1 heterocycles. The van der Waals surface area contributed by atoms with Crippen molar-refractivity contribution < 1.29 is 18.0 Å². The molecule has 8 heteroatoms. The van der Waals surface area contributed by atoms with E-state index in [1.54, 1.807) is 24.3 Å². The van der Waals surface area contributed by atoms with Crippen LogP contribution < -0.4 is 5.32 Å². The SMILES string of the molecule is N#Cc1ccc(-n2cccc2CN(Cc2ccccc2)C(=O)Nc2c(F)cc(F)cc2F)cc1. The van der Waals surface area contributed by atoms with E-state index >= 15 is 0 Å². The highest BCUT2D eigenvalue weighted by Crippen LogP contribution is 2.22. The molecule has 1 aromatic heterocycles. The van der Waals surface area contributed by atoms with Crippen molar-refractivity contribution in [2.24, 2.45) is 0 Å². The largest absolute Gasteiger partial charge is 0.322 e. The van der Waals surface area contributed by atoms with Gasteiger partial charge in [0, 0.05) is 36.3 Å². The summed E-state index contributed by atoms with van der Waals surface area (Å²) in [6, 6.07) is 22.1. The van der Waals surface area contributed by atoms with E-state index in [9.17, 15) is 18.0 Å². The highest BCUT2D eigenvalue weighted by Gasteiger charge is 2.21. The highest BCUT2D eigenvalue weighted by molar-refractivity contribution is 5.89. The molecule has 0 radical (unpaired) electrons. The van der Waals surface area contributed by atoms with Gasteiger partial charge in [-0.3, -0.25) is 0 Å². The topological polar surface area (TPSA) is 61.1 Å². The van der Waals surface area contributed by atoms with Crippen LogP contribution in [0.5, 0.6) is 0 Å². The van der Waals surface area contributed by atoms with Crippen LogP contribution in [0.25, 0.3) is 5.69 Å². The van der Waals surface area contributed by atoms with Gasteiger partial charge in [-0.15, -0.1) is 0 Å². The van der Waals surface area contributed by atoms with Crippen molar-refractivity contribution in [3.63, 3.8) is 0 Å². The van der Waals surface area contributed by atoms with Crippen molar-refractivity contribution in [1.82, 2.24) is 9.47 Å². The Morgan fingerprint density at radius 2 is 1.59 bits per heavy atom. The Labute approximate surface area is 194 Å². The molecule has 3 aromatic carbocycles. The van der Waals surface area contributed by atoms with E-state index in [2.05, 4.69) is 11.4 Å². The summed E-state index contributed by atoms with van der Waals surface area (Å²) < 4.78 is 43.4. The van der Waals surface area contributed by atoms with E-state index < -0.39 is 29.2 Å². The van der Waals surface area contributed by atoms with E-state index in [4.69, 9.17) is 5.26 Å². The number of nitrogens with zero attached hydrogens (tertiary/aromatic N) is 3. The van der Waals surface area contributed by atoms with Gasteiger partial charge >= 0.3 is 6.03 Å². The van der Waals surface area contributed by atoms with Gasteiger partial charge < -0.3 is 14.8 Å². The van der Waals surface area contributed by atoms with E-state index in [0.29, 0.717) is 17.7 Å². The number of hydrogen-bond acceptors (Lipinski definition) is 2. The molecule has 1 N–H and O–H groups in total. The minimum Gasteiger partial charge on any atom is -0.319 e. The van der Waals surface area contributed by atoms with Gasteiger partial charge in [0.25, 0.3) is 0 Å². The predicted molar refractivity (Wildman–Crippen MR) is 122 cm³/mol. The van der Waals surface area contributed by atoms with Gasteiger partial charge in [-0.25, -0.2) is 18.0 Å². The minimum absolute atomic E-state index is 0.109. The first-order valence-electron chi connectivity index (χ1n) is 10.4. The Balaban J connectivity index is 1.63. The Kier molecular flexibility index (Phi) is 6.64. The van der Waals surface area contributed by atoms with Crippen molar-refractivity contribution in [1.29, 1.82) is 5.26 Å². The summed E-state index contributed by atoms with van der Waals surface area (Å²) in [7, 11) is 0.